The molecule has 1 fully saturated rings. The fourth-order valence-corrected chi connectivity index (χ4v) is 1.85. The molecule has 1 aliphatic rings. The topological polar surface area (TPSA) is 84.7 Å². The Labute approximate surface area is 101 Å². The largest absolute Gasteiger partial charge is 0.378 e. The molecule has 1 aliphatic heterocycles. The van der Waals surface area contributed by atoms with Gasteiger partial charge in [0, 0.05) is 12.6 Å². The number of amides is 2. The summed E-state index contributed by atoms with van der Waals surface area (Å²) in [5.74, 6) is -0.540. The van der Waals surface area contributed by atoms with Crippen LogP contribution in [0.15, 0.2) is 0 Å². The molecule has 98 valence electrons. The highest BCUT2D eigenvalue weighted by Crippen LogP contribution is 2.11. The Kier molecular flexibility index (Phi) is 4.89. The number of rotatable bonds is 4. The molecule has 0 aromatic rings. The maximum absolute atomic E-state index is 12.0. The van der Waals surface area contributed by atoms with E-state index < -0.39 is 18.0 Å². The van der Waals surface area contributed by atoms with Crippen LogP contribution in [-0.2, 0) is 14.3 Å². The Hall–Kier alpha value is -1.14. The summed E-state index contributed by atoms with van der Waals surface area (Å²) >= 11 is 0. The summed E-state index contributed by atoms with van der Waals surface area (Å²) in [4.78, 5) is 25.0. The summed E-state index contributed by atoms with van der Waals surface area (Å²) in [6.45, 7) is 6.86. The van der Waals surface area contributed by atoms with Gasteiger partial charge in [0.15, 0.2) is 0 Å². The van der Waals surface area contributed by atoms with Crippen LogP contribution in [0, 0.1) is 0 Å². The Morgan fingerprint density at radius 1 is 1.41 bits per heavy atom. The second-order valence-electron chi connectivity index (χ2n) is 4.57. The standard InChI is InChI=1S/C11H21N3O3/c1-7(2)13-11(16)9-6-17-5-4-14(9)8(3)10(12)15/h7-9H,4-6H2,1-3H3,(H2,12,15)(H,13,16). The Bertz CT molecular complexity index is 294. The minimum absolute atomic E-state index is 0.0650. The molecule has 0 aliphatic carbocycles. The van der Waals surface area contributed by atoms with Gasteiger partial charge in [-0.1, -0.05) is 0 Å². The Balaban J connectivity index is 2.71. The zero-order chi connectivity index (χ0) is 13.0. The molecule has 6 heteroatoms. The van der Waals surface area contributed by atoms with Crippen LogP contribution in [0.25, 0.3) is 0 Å². The number of hydrogen-bond donors (Lipinski definition) is 2. The van der Waals surface area contributed by atoms with E-state index in [0.717, 1.165) is 0 Å². The van der Waals surface area contributed by atoms with Crippen LogP contribution in [-0.4, -0.2) is 54.6 Å². The molecular weight excluding hydrogens is 222 g/mol. The Morgan fingerprint density at radius 2 is 2.06 bits per heavy atom. The first-order valence-electron chi connectivity index (χ1n) is 5.86. The normalized spacial score (nSPS) is 23.4. The first-order valence-corrected chi connectivity index (χ1v) is 5.86. The van der Waals surface area contributed by atoms with E-state index in [1.807, 2.05) is 13.8 Å². The molecular formula is C11H21N3O3. The molecule has 0 saturated carbocycles. The number of nitrogens with two attached hydrogens (primary N) is 1. The summed E-state index contributed by atoms with van der Waals surface area (Å²) in [6, 6.07) is -0.828. The number of carbonyl (C=O) groups excluding carboxylic acids is 2. The summed E-state index contributed by atoms with van der Waals surface area (Å²) in [5.41, 5.74) is 5.28. The summed E-state index contributed by atoms with van der Waals surface area (Å²) in [7, 11) is 0. The van der Waals surface area contributed by atoms with E-state index in [-0.39, 0.29) is 11.9 Å². The molecule has 3 N–H and O–H groups in total. The number of carbonyl (C=O) groups is 2. The van der Waals surface area contributed by atoms with Crippen LogP contribution >= 0.6 is 0 Å². The fraction of sp³-hybridized carbons (Fsp3) is 0.818. The van der Waals surface area contributed by atoms with Crippen molar-refractivity contribution in [2.45, 2.75) is 38.9 Å². The first kappa shape index (κ1) is 13.9. The zero-order valence-corrected chi connectivity index (χ0v) is 10.6. The highest BCUT2D eigenvalue weighted by molar-refractivity contribution is 5.84. The molecule has 0 radical (unpaired) electrons. The minimum atomic E-state index is -0.457. The fourth-order valence-electron chi connectivity index (χ4n) is 1.85. The van der Waals surface area contributed by atoms with E-state index in [1.165, 1.54) is 0 Å². The van der Waals surface area contributed by atoms with Crippen LogP contribution in [0.4, 0.5) is 0 Å². The quantitative estimate of drug-likeness (QED) is 0.669. The van der Waals surface area contributed by atoms with Crippen molar-refractivity contribution in [1.82, 2.24) is 10.2 Å². The lowest BCUT2D eigenvalue weighted by Gasteiger charge is -2.37. The van der Waals surface area contributed by atoms with E-state index in [2.05, 4.69) is 5.32 Å². The molecule has 0 aromatic carbocycles. The van der Waals surface area contributed by atoms with E-state index in [9.17, 15) is 9.59 Å². The summed E-state index contributed by atoms with van der Waals surface area (Å²) in [6.07, 6.45) is 0. The average molecular weight is 243 g/mol. The lowest BCUT2D eigenvalue weighted by atomic mass is 10.1. The summed E-state index contributed by atoms with van der Waals surface area (Å²) < 4.78 is 5.29. The van der Waals surface area contributed by atoms with Gasteiger partial charge in [-0.25, -0.2) is 0 Å². The first-order chi connectivity index (χ1) is 7.93. The molecule has 17 heavy (non-hydrogen) atoms. The monoisotopic (exact) mass is 243 g/mol. The number of nitrogens with one attached hydrogen (secondary N) is 1. The molecule has 2 atom stereocenters. The van der Waals surface area contributed by atoms with Crippen molar-refractivity contribution in [3.8, 4) is 0 Å². The van der Waals surface area contributed by atoms with Gasteiger partial charge in [-0.15, -0.1) is 0 Å². The SMILES string of the molecule is CC(C)NC(=O)C1COCCN1C(C)C(N)=O. The minimum Gasteiger partial charge on any atom is -0.378 e. The molecule has 2 amide bonds. The lowest BCUT2D eigenvalue weighted by molar-refractivity contribution is -0.138. The number of morpholine rings is 1. The molecule has 1 saturated heterocycles. The van der Waals surface area contributed by atoms with Gasteiger partial charge in [0.1, 0.15) is 6.04 Å². The molecule has 6 nitrogen and oxygen atoms in total. The van der Waals surface area contributed by atoms with Gasteiger partial charge in [0.2, 0.25) is 11.8 Å². The van der Waals surface area contributed by atoms with Crippen molar-refractivity contribution < 1.29 is 14.3 Å². The smallest absolute Gasteiger partial charge is 0.239 e. The van der Waals surface area contributed by atoms with Crippen molar-refractivity contribution in [3.63, 3.8) is 0 Å². The predicted octanol–water partition coefficient (Wildman–Crippen LogP) is -0.914. The molecule has 0 bridgehead atoms. The van der Waals surface area contributed by atoms with Gasteiger partial charge in [-0.2, -0.15) is 0 Å². The van der Waals surface area contributed by atoms with Crippen molar-refractivity contribution in [2.75, 3.05) is 19.8 Å². The van der Waals surface area contributed by atoms with Crippen molar-refractivity contribution in [2.24, 2.45) is 5.73 Å². The molecule has 0 spiro atoms. The second kappa shape index (κ2) is 5.97. The van der Waals surface area contributed by atoms with Crippen LogP contribution in [0.1, 0.15) is 20.8 Å². The van der Waals surface area contributed by atoms with Crippen LogP contribution in [0.5, 0.6) is 0 Å². The van der Waals surface area contributed by atoms with Gasteiger partial charge in [0.25, 0.3) is 0 Å². The third-order valence-corrected chi connectivity index (χ3v) is 2.81. The average Bonchev–Trinajstić information content (AvgIpc) is 2.27. The summed E-state index contributed by atoms with van der Waals surface area (Å²) in [5, 5.41) is 2.82. The zero-order valence-electron chi connectivity index (χ0n) is 10.6. The number of nitrogens with zero attached hydrogens (tertiary/aromatic N) is 1. The van der Waals surface area contributed by atoms with Gasteiger partial charge in [-0.3, -0.25) is 14.5 Å². The van der Waals surface area contributed by atoms with Crippen molar-refractivity contribution in [1.29, 1.82) is 0 Å². The van der Waals surface area contributed by atoms with E-state index in [1.54, 1.807) is 11.8 Å². The van der Waals surface area contributed by atoms with Crippen molar-refractivity contribution in [3.05, 3.63) is 0 Å². The van der Waals surface area contributed by atoms with E-state index >= 15 is 0 Å². The van der Waals surface area contributed by atoms with E-state index in [4.69, 9.17) is 10.5 Å². The number of hydrogen-bond acceptors (Lipinski definition) is 4. The maximum Gasteiger partial charge on any atom is 0.239 e. The van der Waals surface area contributed by atoms with Crippen molar-refractivity contribution >= 4 is 11.8 Å². The maximum atomic E-state index is 12.0. The van der Waals surface area contributed by atoms with Gasteiger partial charge in [-0.05, 0) is 20.8 Å². The number of ether oxygens (including phenoxy) is 1. The third kappa shape index (κ3) is 3.67. The van der Waals surface area contributed by atoms with Gasteiger partial charge < -0.3 is 15.8 Å². The third-order valence-electron chi connectivity index (χ3n) is 2.81. The highest BCUT2D eigenvalue weighted by atomic mass is 16.5. The molecule has 1 rings (SSSR count). The highest BCUT2D eigenvalue weighted by Gasteiger charge is 2.34. The van der Waals surface area contributed by atoms with Gasteiger partial charge >= 0.3 is 0 Å². The number of primary amides is 1. The van der Waals surface area contributed by atoms with Crippen LogP contribution in [0.2, 0.25) is 0 Å². The second-order valence-corrected chi connectivity index (χ2v) is 4.57. The molecule has 0 aromatic heterocycles. The van der Waals surface area contributed by atoms with E-state index in [0.29, 0.717) is 19.8 Å². The Morgan fingerprint density at radius 3 is 2.59 bits per heavy atom. The van der Waals surface area contributed by atoms with Crippen LogP contribution < -0.4 is 11.1 Å². The predicted molar refractivity (Wildman–Crippen MR) is 63.2 cm³/mol. The van der Waals surface area contributed by atoms with Crippen LogP contribution in [0.3, 0.4) is 0 Å². The van der Waals surface area contributed by atoms with Gasteiger partial charge in [0.05, 0.1) is 19.3 Å². The molecule has 1 heterocycles. The lowest BCUT2D eigenvalue weighted by Crippen LogP contribution is -2.59. The molecule has 2 unspecified atom stereocenters.